The van der Waals surface area contributed by atoms with E-state index in [0.717, 1.165) is 28.4 Å². The molecule has 0 radical (unpaired) electrons. The van der Waals surface area contributed by atoms with Crippen LogP contribution in [0.4, 0.5) is 11.4 Å². The van der Waals surface area contributed by atoms with Crippen LogP contribution in [0.25, 0.3) is 10.8 Å². The first kappa shape index (κ1) is 20.4. The third-order valence-electron chi connectivity index (χ3n) is 6.20. The lowest BCUT2D eigenvalue weighted by Crippen LogP contribution is -2.11. The van der Waals surface area contributed by atoms with E-state index in [1.807, 2.05) is 18.2 Å². The van der Waals surface area contributed by atoms with E-state index in [1.165, 1.54) is 27.5 Å². The van der Waals surface area contributed by atoms with Gasteiger partial charge in [0.05, 0.1) is 22.8 Å². The Kier molecular flexibility index (Phi) is 5.22. The molecule has 0 atom stereocenters. The Labute approximate surface area is 190 Å². The third-order valence-corrected chi connectivity index (χ3v) is 6.20. The van der Waals surface area contributed by atoms with Crippen molar-refractivity contribution in [2.45, 2.75) is 39.5 Å². The van der Waals surface area contributed by atoms with Crippen molar-refractivity contribution in [3.05, 3.63) is 107 Å². The molecule has 0 amide bonds. The Balaban J connectivity index is 1.83. The van der Waals surface area contributed by atoms with Gasteiger partial charge in [-0.2, -0.15) is 0 Å². The number of rotatable bonds is 4. The quantitative estimate of drug-likeness (QED) is 0.319. The molecule has 158 valence electrons. The summed E-state index contributed by atoms with van der Waals surface area (Å²) < 4.78 is 0. The highest BCUT2D eigenvalue weighted by Gasteiger charge is 2.28. The van der Waals surface area contributed by atoms with Gasteiger partial charge in [-0.25, -0.2) is 9.98 Å². The SMILES string of the molecule is CC(C)c1cccc(C(C)C)c1N=C1C(=Nc2ccccc2)c2cccc3cccc1c23. The van der Waals surface area contributed by atoms with Gasteiger partial charge in [0.25, 0.3) is 0 Å². The minimum absolute atomic E-state index is 0.391. The van der Waals surface area contributed by atoms with Crippen molar-refractivity contribution in [3.63, 3.8) is 0 Å². The number of hydrogen-bond donors (Lipinski definition) is 0. The van der Waals surface area contributed by atoms with Crippen LogP contribution in [0.15, 0.2) is 94.9 Å². The maximum atomic E-state index is 5.40. The minimum atomic E-state index is 0.391. The van der Waals surface area contributed by atoms with Gasteiger partial charge in [-0.05, 0) is 40.5 Å². The van der Waals surface area contributed by atoms with Gasteiger partial charge in [-0.3, -0.25) is 0 Å². The van der Waals surface area contributed by atoms with Gasteiger partial charge in [0.15, 0.2) is 0 Å². The van der Waals surface area contributed by atoms with E-state index < -0.39 is 0 Å². The molecule has 1 aliphatic carbocycles. The first-order chi connectivity index (χ1) is 15.5. The van der Waals surface area contributed by atoms with E-state index in [9.17, 15) is 0 Å². The molecule has 4 aromatic rings. The monoisotopic (exact) mass is 416 g/mol. The Morgan fingerprint density at radius 3 is 1.62 bits per heavy atom. The fraction of sp³-hybridized carbons (Fsp3) is 0.200. The van der Waals surface area contributed by atoms with Crippen molar-refractivity contribution in [1.82, 2.24) is 0 Å². The van der Waals surface area contributed by atoms with Crippen molar-refractivity contribution < 1.29 is 0 Å². The fourth-order valence-corrected chi connectivity index (χ4v) is 4.60. The van der Waals surface area contributed by atoms with Crippen LogP contribution in [0.3, 0.4) is 0 Å². The first-order valence-electron chi connectivity index (χ1n) is 11.4. The van der Waals surface area contributed by atoms with Crippen molar-refractivity contribution in [2.75, 3.05) is 0 Å². The highest BCUT2D eigenvalue weighted by molar-refractivity contribution is 6.61. The summed E-state index contributed by atoms with van der Waals surface area (Å²) in [6, 6.07) is 29.7. The molecule has 5 rings (SSSR count). The number of benzene rings is 4. The van der Waals surface area contributed by atoms with E-state index in [4.69, 9.17) is 9.98 Å². The van der Waals surface area contributed by atoms with E-state index in [0.29, 0.717) is 11.8 Å². The molecule has 0 N–H and O–H groups in total. The summed E-state index contributed by atoms with van der Waals surface area (Å²) in [5.41, 5.74) is 8.86. The van der Waals surface area contributed by atoms with E-state index in [2.05, 4.69) is 94.4 Å². The fourth-order valence-electron chi connectivity index (χ4n) is 4.60. The average molecular weight is 417 g/mol. The maximum absolute atomic E-state index is 5.40. The molecule has 0 bridgehead atoms. The molecular formula is C30H28N2. The zero-order valence-corrected chi connectivity index (χ0v) is 19.1. The van der Waals surface area contributed by atoms with E-state index in [1.54, 1.807) is 0 Å². The maximum Gasteiger partial charge on any atom is 0.0979 e. The van der Waals surface area contributed by atoms with Crippen LogP contribution in [-0.4, -0.2) is 11.4 Å². The second-order valence-electron chi connectivity index (χ2n) is 9.06. The standard InChI is InChI=1S/C30H28N2/c1-19(2)23-15-10-16-24(20(3)4)28(23)32-30-26-18-9-12-21-11-8-17-25(27(21)26)29(30)31-22-13-6-5-7-14-22/h5-20H,1-4H3. The van der Waals surface area contributed by atoms with E-state index in [-0.39, 0.29) is 0 Å². The summed E-state index contributed by atoms with van der Waals surface area (Å²) in [7, 11) is 0. The lowest BCUT2D eigenvalue weighted by atomic mass is 9.92. The predicted molar refractivity (Wildman–Crippen MR) is 137 cm³/mol. The number of nitrogens with zero attached hydrogens (tertiary/aromatic N) is 2. The van der Waals surface area contributed by atoms with Gasteiger partial charge in [0.2, 0.25) is 0 Å². The topological polar surface area (TPSA) is 24.7 Å². The van der Waals surface area contributed by atoms with Crippen molar-refractivity contribution >= 4 is 33.6 Å². The lowest BCUT2D eigenvalue weighted by Gasteiger charge is -2.17. The van der Waals surface area contributed by atoms with Crippen LogP contribution < -0.4 is 0 Å². The zero-order valence-electron chi connectivity index (χ0n) is 19.1. The smallest absolute Gasteiger partial charge is 0.0979 e. The first-order valence-corrected chi connectivity index (χ1v) is 11.4. The average Bonchev–Trinajstić information content (AvgIpc) is 3.09. The second kappa shape index (κ2) is 8.20. The van der Waals surface area contributed by atoms with Crippen LogP contribution in [0.1, 0.15) is 61.8 Å². The number of hydrogen-bond acceptors (Lipinski definition) is 2. The van der Waals surface area contributed by atoms with E-state index >= 15 is 0 Å². The Morgan fingerprint density at radius 1 is 0.531 bits per heavy atom. The normalized spacial score (nSPS) is 15.6. The molecule has 2 nitrogen and oxygen atoms in total. The molecule has 0 aliphatic heterocycles. The number of aliphatic imine (C=N–C) groups is 2. The predicted octanol–water partition coefficient (Wildman–Crippen LogP) is 8.34. The molecule has 0 heterocycles. The van der Waals surface area contributed by atoms with Crippen molar-refractivity contribution in [1.29, 1.82) is 0 Å². The molecule has 0 spiro atoms. The van der Waals surface area contributed by atoms with Gasteiger partial charge in [0.1, 0.15) is 0 Å². The summed E-state index contributed by atoms with van der Waals surface area (Å²) in [6.07, 6.45) is 0. The van der Waals surface area contributed by atoms with Gasteiger partial charge < -0.3 is 0 Å². The summed E-state index contributed by atoms with van der Waals surface area (Å²) in [5, 5.41) is 2.48. The molecule has 0 saturated heterocycles. The highest BCUT2D eigenvalue weighted by Crippen LogP contribution is 2.38. The number of para-hydroxylation sites is 2. The van der Waals surface area contributed by atoms with Crippen LogP contribution in [0.2, 0.25) is 0 Å². The van der Waals surface area contributed by atoms with Crippen LogP contribution in [0, 0.1) is 0 Å². The van der Waals surface area contributed by atoms with Crippen LogP contribution >= 0.6 is 0 Å². The van der Waals surface area contributed by atoms with Gasteiger partial charge >= 0.3 is 0 Å². The zero-order chi connectivity index (χ0) is 22.2. The lowest BCUT2D eigenvalue weighted by molar-refractivity contribution is 0.835. The summed E-state index contributed by atoms with van der Waals surface area (Å²) >= 11 is 0. The molecule has 0 aromatic heterocycles. The molecular weight excluding hydrogens is 388 g/mol. The molecule has 0 unspecified atom stereocenters. The van der Waals surface area contributed by atoms with Crippen molar-refractivity contribution in [3.8, 4) is 0 Å². The molecule has 1 aliphatic rings. The Hall–Kier alpha value is -3.52. The second-order valence-corrected chi connectivity index (χ2v) is 9.06. The largest absolute Gasteiger partial charge is 0.246 e. The molecule has 0 saturated carbocycles. The van der Waals surface area contributed by atoms with Crippen molar-refractivity contribution in [2.24, 2.45) is 9.98 Å². The molecule has 32 heavy (non-hydrogen) atoms. The third kappa shape index (κ3) is 3.46. The minimum Gasteiger partial charge on any atom is -0.246 e. The highest BCUT2D eigenvalue weighted by atomic mass is 14.8. The Morgan fingerprint density at radius 2 is 1.06 bits per heavy atom. The molecule has 4 aromatic carbocycles. The van der Waals surface area contributed by atoms with Gasteiger partial charge in [0, 0.05) is 16.5 Å². The van der Waals surface area contributed by atoms with Gasteiger partial charge in [-0.15, -0.1) is 0 Å². The Bertz CT molecular complexity index is 1330. The van der Waals surface area contributed by atoms with Crippen LogP contribution in [0.5, 0.6) is 0 Å². The summed E-state index contributed by atoms with van der Waals surface area (Å²) in [4.78, 5) is 10.5. The summed E-state index contributed by atoms with van der Waals surface area (Å²) in [5.74, 6) is 0.782. The molecule has 0 fully saturated rings. The van der Waals surface area contributed by atoms with Gasteiger partial charge in [-0.1, -0.05) is 100 Å². The molecule has 2 heteroatoms. The summed E-state index contributed by atoms with van der Waals surface area (Å²) in [6.45, 7) is 8.97. The van der Waals surface area contributed by atoms with Crippen LogP contribution in [-0.2, 0) is 0 Å².